The number of amides is 1. The Kier molecular flexibility index (Phi) is 5.51. The van der Waals surface area contributed by atoms with Gasteiger partial charge < -0.3 is 4.74 Å². The lowest BCUT2D eigenvalue weighted by Crippen LogP contribution is -2.46. The number of rotatable bonds is 6. The van der Waals surface area contributed by atoms with Crippen LogP contribution in [0.2, 0.25) is 0 Å². The first-order valence-corrected chi connectivity index (χ1v) is 7.49. The standard InChI is InChI=1S/C17H21N3O3/c1-4-15(17(22)23-3)20(14-8-6-5-7-9-14)16(21)10-13-11-18-19(2)12-13/h5-9,11-12,15H,4,10H2,1-3H3/t15-/m0/s1. The van der Waals surface area contributed by atoms with Crippen molar-refractivity contribution in [1.82, 2.24) is 9.78 Å². The minimum Gasteiger partial charge on any atom is -0.467 e. The molecule has 23 heavy (non-hydrogen) atoms. The van der Waals surface area contributed by atoms with Crippen LogP contribution < -0.4 is 4.90 Å². The van der Waals surface area contributed by atoms with Crippen molar-refractivity contribution in [1.29, 1.82) is 0 Å². The molecule has 2 aromatic rings. The van der Waals surface area contributed by atoms with Crippen molar-refractivity contribution < 1.29 is 14.3 Å². The zero-order valence-electron chi connectivity index (χ0n) is 13.6. The Morgan fingerprint density at radius 2 is 2.00 bits per heavy atom. The summed E-state index contributed by atoms with van der Waals surface area (Å²) in [6.45, 7) is 1.86. The quantitative estimate of drug-likeness (QED) is 0.764. The average Bonchev–Trinajstić information content (AvgIpc) is 2.97. The third kappa shape index (κ3) is 3.97. The van der Waals surface area contributed by atoms with Crippen LogP contribution in [0.1, 0.15) is 18.9 Å². The van der Waals surface area contributed by atoms with Crippen molar-refractivity contribution in [2.75, 3.05) is 12.0 Å². The fourth-order valence-corrected chi connectivity index (χ4v) is 2.50. The molecule has 0 spiro atoms. The van der Waals surface area contributed by atoms with Gasteiger partial charge in [0.25, 0.3) is 0 Å². The van der Waals surface area contributed by atoms with E-state index < -0.39 is 12.0 Å². The second-order valence-electron chi connectivity index (χ2n) is 5.25. The summed E-state index contributed by atoms with van der Waals surface area (Å²) in [6, 6.07) is 8.52. The van der Waals surface area contributed by atoms with Gasteiger partial charge >= 0.3 is 5.97 Å². The first-order chi connectivity index (χ1) is 11.1. The van der Waals surface area contributed by atoms with Crippen molar-refractivity contribution in [2.24, 2.45) is 7.05 Å². The van der Waals surface area contributed by atoms with Crippen LogP contribution in [0, 0.1) is 0 Å². The van der Waals surface area contributed by atoms with Crippen LogP contribution in [0.25, 0.3) is 0 Å². The highest BCUT2D eigenvalue weighted by molar-refractivity contribution is 6.00. The van der Waals surface area contributed by atoms with E-state index in [1.807, 2.05) is 37.3 Å². The maximum absolute atomic E-state index is 12.8. The third-order valence-corrected chi connectivity index (χ3v) is 3.59. The van der Waals surface area contributed by atoms with Gasteiger partial charge in [0.15, 0.2) is 0 Å². The molecule has 6 nitrogen and oxygen atoms in total. The van der Waals surface area contributed by atoms with Crippen LogP contribution in [0.5, 0.6) is 0 Å². The molecule has 0 aliphatic heterocycles. The van der Waals surface area contributed by atoms with Gasteiger partial charge in [0.05, 0.1) is 19.7 Å². The van der Waals surface area contributed by atoms with E-state index >= 15 is 0 Å². The number of aryl methyl sites for hydroxylation is 1. The molecular weight excluding hydrogens is 294 g/mol. The maximum Gasteiger partial charge on any atom is 0.328 e. The van der Waals surface area contributed by atoms with Crippen molar-refractivity contribution in [3.8, 4) is 0 Å². The SMILES string of the molecule is CC[C@@H](C(=O)OC)N(C(=O)Cc1cnn(C)c1)c1ccccc1. The number of hydrogen-bond donors (Lipinski definition) is 0. The van der Waals surface area contributed by atoms with Gasteiger partial charge in [-0.25, -0.2) is 4.79 Å². The lowest BCUT2D eigenvalue weighted by Gasteiger charge is -2.29. The number of ether oxygens (including phenoxy) is 1. The van der Waals surface area contributed by atoms with E-state index in [-0.39, 0.29) is 12.3 Å². The lowest BCUT2D eigenvalue weighted by molar-refractivity contribution is -0.143. The van der Waals surface area contributed by atoms with Gasteiger partial charge in [-0.1, -0.05) is 25.1 Å². The van der Waals surface area contributed by atoms with Crippen LogP contribution in [0.15, 0.2) is 42.7 Å². The molecule has 0 aliphatic carbocycles. The molecule has 1 atom stereocenters. The summed E-state index contributed by atoms with van der Waals surface area (Å²) in [5, 5.41) is 4.07. The van der Waals surface area contributed by atoms with E-state index in [1.165, 1.54) is 12.0 Å². The summed E-state index contributed by atoms with van der Waals surface area (Å²) in [4.78, 5) is 26.4. The van der Waals surface area contributed by atoms with Gasteiger partial charge in [-0.15, -0.1) is 0 Å². The van der Waals surface area contributed by atoms with Crippen molar-refractivity contribution in [3.05, 3.63) is 48.3 Å². The Bertz CT molecular complexity index is 667. The van der Waals surface area contributed by atoms with E-state index in [1.54, 1.807) is 24.1 Å². The van der Waals surface area contributed by atoms with Crippen LogP contribution in [-0.4, -0.2) is 34.8 Å². The summed E-state index contributed by atoms with van der Waals surface area (Å²) in [5.74, 6) is -0.586. The molecule has 0 bridgehead atoms. The molecule has 1 amide bonds. The number of aromatic nitrogens is 2. The molecule has 0 N–H and O–H groups in total. The average molecular weight is 315 g/mol. The van der Waals surface area contributed by atoms with Gasteiger partial charge in [-0.3, -0.25) is 14.4 Å². The molecule has 1 heterocycles. The monoisotopic (exact) mass is 315 g/mol. The highest BCUT2D eigenvalue weighted by Crippen LogP contribution is 2.21. The fourth-order valence-electron chi connectivity index (χ4n) is 2.50. The van der Waals surface area contributed by atoms with Crippen molar-refractivity contribution >= 4 is 17.6 Å². The van der Waals surface area contributed by atoms with E-state index in [2.05, 4.69) is 5.10 Å². The highest BCUT2D eigenvalue weighted by atomic mass is 16.5. The summed E-state index contributed by atoms with van der Waals surface area (Å²) in [5.41, 5.74) is 1.48. The van der Waals surface area contributed by atoms with Crippen LogP contribution in [0.4, 0.5) is 5.69 Å². The molecule has 0 saturated carbocycles. The Labute approximate surface area is 135 Å². The molecule has 0 aliphatic rings. The molecular formula is C17H21N3O3. The number of hydrogen-bond acceptors (Lipinski definition) is 4. The van der Waals surface area contributed by atoms with Gasteiger partial charge in [0, 0.05) is 18.9 Å². The first-order valence-electron chi connectivity index (χ1n) is 7.49. The Morgan fingerprint density at radius 1 is 1.30 bits per heavy atom. The van der Waals surface area contributed by atoms with E-state index in [0.29, 0.717) is 12.1 Å². The lowest BCUT2D eigenvalue weighted by atomic mass is 10.1. The molecule has 2 rings (SSSR count). The van der Waals surface area contributed by atoms with Crippen molar-refractivity contribution in [2.45, 2.75) is 25.8 Å². The molecule has 1 aromatic heterocycles. The van der Waals surface area contributed by atoms with E-state index in [0.717, 1.165) is 5.56 Å². The molecule has 0 unspecified atom stereocenters. The van der Waals surface area contributed by atoms with Gasteiger partial charge in [0.1, 0.15) is 6.04 Å². The summed E-state index contributed by atoms with van der Waals surface area (Å²) < 4.78 is 6.51. The first kappa shape index (κ1) is 16.7. The minimum absolute atomic E-state index is 0.165. The summed E-state index contributed by atoms with van der Waals surface area (Å²) >= 11 is 0. The molecule has 6 heteroatoms. The predicted molar refractivity (Wildman–Crippen MR) is 86.9 cm³/mol. The van der Waals surface area contributed by atoms with E-state index in [4.69, 9.17) is 4.74 Å². The van der Waals surface area contributed by atoms with Crippen LogP contribution >= 0.6 is 0 Å². The number of esters is 1. The number of carbonyl (C=O) groups is 2. The Morgan fingerprint density at radius 3 is 2.52 bits per heavy atom. The number of anilines is 1. The van der Waals surface area contributed by atoms with Gasteiger partial charge in [-0.2, -0.15) is 5.10 Å². The molecule has 0 radical (unpaired) electrons. The van der Waals surface area contributed by atoms with Crippen molar-refractivity contribution in [3.63, 3.8) is 0 Å². The summed E-state index contributed by atoms with van der Waals surface area (Å²) in [7, 11) is 3.13. The number of para-hydroxylation sites is 1. The third-order valence-electron chi connectivity index (χ3n) is 3.59. The van der Waals surface area contributed by atoms with E-state index in [9.17, 15) is 9.59 Å². The molecule has 0 fully saturated rings. The van der Waals surface area contributed by atoms with Gasteiger partial charge in [0.2, 0.25) is 5.91 Å². The Balaban J connectivity index is 2.32. The highest BCUT2D eigenvalue weighted by Gasteiger charge is 2.30. The second kappa shape index (κ2) is 7.58. The normalized spacial score (nSPS) is 11.8. The molecule has 0 saturated heterocycles. The number of methoxy groups -OCH3 is 1. The predicted octanol–water partition coefficient (Wildman–Crippen LogP) is 1.95. The number of benzene rings is 1. The zero-order valence-corrected chi connectivity index (χ0v) is 13.6. The smallest absolute Gasteiger partial charge is 0.328 e. The van der Waals surface area contributed by atoms with Crippen LogP contribution in [-0.2, 0) is 27.8 Å². The Hall–Kier alpha value is -2.63. The molecule has 122 valence electrons. The fraction of sp³-hybridized carbons (Fsp3) is 0.353. The zero-order chi connectivity index (χ0) is 16.8. The number of nitrogens with zero attached hydrogens (tertiary/aromatic N) is 3. The maximum atomic E-state index is 12.8. The second-order valence-corrected chi connectivity index (χ2v) is 5.25. The minimum atomic E-state index is -0.647. The molecule has 1 aromatic carbocycles. The largest absolute Gasteiger partial charge is 0.467 e. The van der Waals surface area contributed by atoms with Gasteiger partial charge in [-0.05, 0) is 24.1 Å². The van der Waals surface area contributed by atoms with Crippen LogP contribution in [0.3, 0.4) is 0 Å². The summed E-state index contributed by atoms with van der Waals surface area (Å²) in [6.07, 6.45) is 4.09. The topological polar surface area (TPSA) is 64.4 Å². The number of carbonyl (C=O) groups excluding carboxylic acids is 2.